The zero-order valence-corrected chi connectivity index (χ0v) is 14.1. The van der Waals surface area contributed by atoms with Crippen LogP contribution < -0.4 is 10.9 Å². The topological polar surface area (TPSA) is 91.0 Å². The van der Waals surface area contributed by atoms with E-state index in [9.17, 15) is 9.59 Å². The third-order valence-corrected chi connectivity index (χ3v) is 3.93. The Morgan fingerprint density at radius 3 is 2.80 bits per heavy atom. The maximum atomic E-state index is 12.4. The summed E-state index contributed by atoms with van der Waals surface area (Å²) in [6.07, 6.45) is 2.82. The largest absolute Gasteiger partial charge is 0.380 e. The maximum absolute atomic E-state index is 12.4. The minimum Gasteiger partial charge on any atom is -0.380 e. The third kappa shape index (κ3) is 3.58. The molecule has 1 aromatic carbocycles. The summed E-state index contributed by atoms with van der Waals surface area (Å²) in [5.41, 5.74) is 2.20. The SMILES string of the molecule is COCc1ccccc1CNC(=O)Cn1cnc2c(cnn2C)c1=O. The number of hydrogen-bond donors (Lipinski definition) is 1. The fraction of sp³-hybridized carbons (Fsp3) is 0.294. The second-order valence-electron chi connectivity index (χ2n) is 5.66. The van der Waals surface area contributed by atoms with E-state index >= 15 is 0 Å². The van der Waals surface area contributed by atoms with Gasteiger partial charge < -0.3 is 10.1 Å². The van der Waals surface area contributed by atoms with Crippen LogP contribution in [0.4, 0.5) is 0 Å². The van der Waals surface area contributed by atoms with Crippen molar-refractivity contribution in [3.8, 4) is 0 Å². The molecule has 8 nitrogen and oxygen atoms in total. The molecule has 130 valence electrons. The van der Waals surface area contributed by atoms with Crippen molar-refractivity contribution in [3.63, 3.8) is 0 Å². The average Bonchev–Trinajstić information content (AvgIpc) is 2.99. The summed E-state index contributed by atoms with van der Waals surface area (Å²) in [5, 5.41) is 7.22. The molecule has 0 fully saturated rings. The Kier molecular flexibility index (Phi) is 4.90. The molecule has 3 aromatic rings. The molecular weight excluding hydrogens is 322 g/mol. The minimum absolute atomic E-state index is 0.0941. The molecule has 0 saturated heterocycles. The zero-order chi connectivity index (χ0) is 17.8. The van der Waals surface area contributed by atoms with Gasteiger partial charge in [-0.15, -0.1) is 0 Å². The first-order chi connectivity index (χ1) is 12.1. The second-order valence-corrected chi connectivity index (χ2v) is 5.66. The predicted octanol–water partition coefficient (Wildman–Crippen LogP) is 0.593. The molecule has 0 spiro atoms. The number of nitrogens with one attached hydrogen (secondary N) is 1. The van der Waals surface area contributed by atoms with Crippen LogP contribution in [0.3, 0.4) is 0 Å². The molecule has 0 radical (unpaired) electrons. The first-order valence-electron chi connectivity index (χ1n) is 7.79. The van der Waals surface area contributed by atoms with Crippen LogP contribution >= 0.6 is 0 Å². The van der Waals surface area contributed by atoms with Crippen LogP contribution in [0, 0.1) is 0 Å². The van der Waals surface area contributed by atoms with E-state index in [0.29, 0.717) is 24.2 Å². The monoisotopic (exact) mass is 341 g/mol. The first kappa shape index (κ1) is 16.8. The number of aromatic nitrogens is 4. The van der Waals surface area contributed by atoms with Crippen LogP contribution in [0.25, 0.3) is 11.0 Å². The quantitative estimate of drug-likeness (QED) is 0.709. The highest BCUT2D eigenvalue weighted by Gasteiger charge is 2.11. The van der Waals surface area contributed by atoms with Crippen molar-refractivity contribution in [2.75, 3.05) is 7.11 Å². The number of carbonyl (C=O) groups excluding carboxylic acids is 1. The Labute approximate surface area is 144 Å². The standard InChI is InChI=1S/C17H19N5O3/c1-21-16-14(8-20-21)17(24)22(11-19-16)9-15(23)18-7-12-5-3-4-6-13(12)10-25-2/h3-6,8,11H,7,9-10H2,1-2H3,(H,18,23). The van der Waals surface area contributed by atoms with Crippen LogP contribution in [0.1, 0.15) is 11.1 Å². The Morgan fingerprint density at radius 1 is 1.28 bits per heavy atom. The van der Waals surface area contributed by atoms with E-state index in [2.05, 4.69) is 15.4 Å². The van der Waals surface area contributed by atoms with Crippen LogP contribution in [0.15, 0.2) is 41.6 Å². The smallest absolute Gasteiger partial charge is 0.264 e. The van der Waals surface area contributed by atoms with Crippen LogP contribution in [0.5, 0.6) is 0 Å². The summed E-state index contributed by atoms with van der Waals surface area (Å²) in [4.78, 5) is 28.7. The van der Waals surface area contributed by atoms with E-state index in [4.69, 9.17) is 4.74 Å². The van der Waals surface area contributed by atoms with Crippen molar-refractivity contribution < 1.29 is 9.53 Å². The molecule has 2 aromatic heterocycles. The van der Waals surface area contributed by atoms with Gasteiger partial charge in [0.05, 0.1) is 12.8 Å². The number of aryl methyl sites for hydroxylation is 1. The predicted molar refractivity (Wildman–Crippen MR) is 91.8 cm³/mol. The lowest BCUT2D eigenvalue weighted by atomic mass is 10.1. The van der Waals surface area contributed by atoms with Crippen molar-refractivity contribution in [2.45, 2.75) is 19.7 Å². The molecule has 0 aliphatic carbocycles. The van der Waals surface area contributed by atoms with Gasteiger partial charge in [0.2, 0.25) is 5.91 Å². The maximum Gasteiger partial charge on any atom is 0.264 e. The Balaban J connectivity index is 1.69. The van der Waals surface area contributed by atoms with E-state index in [1.807, 2.05) is 24.3 Å². The third-order valence-electron chi connectivity index (χ3n) is 3.93. The molecule has 8 heteroatoms. The van der Waals surface area contributed by atoms with E-state index in [-0.39, 0.29) is 18.0 Å². The Hall–Kier alpha value is -3.00. The lowest BCUT2D eigenvalue weighted by molar-refractivity contribution is -0.121. The lowest BCUT2D eigenvalue weighted by Crippen LogP contribution is -2.32. The highest BCUT2D eigenvalue weighted by Crippen LogP contribution is 2.09. The molecule has 2 heterocycles. The summed E-state index contributed by atoms with van der Waals surface area (Å²) in [7, 11) is 3.34. The number of hydrogen-bond acceptors (Lipinski definition) is 5. The molecule has 0 saturated carbocycles. The number of carbonyl (C=O) groups is 1. The van der Waals surface area contributed by atoms with Gasteiger partial charge in [-0.05, 0) is 11.1 Å². The van der Waals surface area contributed by atoms with Crippen LogP contribution in [-0.2, 0) is 36.3 Å². The molecule has 25 heavy (non-hydrogen) atoms. The Morgan fingerprint density at radius 2 is 2.04 bits per heavy atom. The molecule has 0 aliphatic rings. The van der Waals surface area contributed by atoms with Gasteiger partial charge in [-0.25, -0.2) is 4.98 Å². The van der Waals surface area contributed by atoms with Gasteiger partial charge >= 0.3 is 0 Å². The highest BCUT2D eigenvalue weighted by atomic mass is 16.5. The van der Waals surface area contributed by atoms with Gasteiger partial charge in [0, 0.05) is 20.7 Å². The van der Waals surface area contributed by atoms with E-state index in [0.717, 1.165) is 11.1 Å². The van der Waals surface area contributed by atoms with Gasteiger partial charge in [0.25, 0.3) is 5.56 Å². The molecule has 1 N–H and O–H groups in total. The fourth-order valence-corrected chi connectivity index (χ4v) is 2.61. The first-order valence-corrected chi connectivity index (χ1v) is 7.79. The van der Waals surface area contributed by atoms with Crippen molar-refractivity contribution in [1.82, 2.24) is 24.6 Å². The van der Waals surface area contributed by atoms with Gasteiger partial charge in [-0.3, -0.25) is 18.8 Å². The summed E-state index contributed by atoms with van der Waals surface area (Å²) in [5.74, 6) is -0.264. The van der Waals surface area contributed by atoms with Gasteiger partial charge in [0.15, 0.2) is 5.65 Å². The van der Waals surface area contributed by atoms with Gasteiger partial charge in [0.1, 0.15) is 18.3 Å². The molecule has 3 rings (SSSR count). The minimum atomic E-state index is -0.284. The number of amides is 1. The van der Waals surface area contributed by atoms with Crippen LogP contribution in [-0.4, -0.2) is 32.3 Å². The van der Waals surface area contributed by atoms with E-state index < -0.39 is 0 Å². The van der Waals surface area contributed by atoms with Gasteiger partial charge in [-0.2, -0.15) is 5.10 Å². The van der Waals surface area contributed by atoms with Crippen molar-refractivity contribution in [1.29, 1.82) is 0 Å². The second kappa shape index (κ2) is 7.27. The molecular formula is C17H19N5O3. The molecule has 1 amide bonds. The summed E-state index contributed by atoms with van der Waals surface area (Å²) < 4.78 is 7.96. The Bertz CT molecular complexity index is 960. The zero-order valence-electron chi connectivity index (χ0n) is 14.1. The number of methoxy groups -OCH3 is 1. The average molecular weight is 341 g/mol. The number of nitrogens with zero attached hydrogens (tertiary/aromatic N) is 4. The van der Waals surface area contributed by atoms with Gasteiger partial charge in [-0.1, -0.05) is 24.3 Å². The van der Waals surface area contributed by atoms with Crippen molar-refractivity contribution in [2.24, 2.45) is 7.05 Å². The van der Waals surface area contributed by atoms with E-state index in [1.165, 1.54) is 21.8 Å². The number of ether oxygens (including phenoxy) is 1. The summed E-state index contributed by atoms with van der Waals surface area (Å²) >= 11 is 0. The van der Waals surface area contributed by atoms with Crippen molar-refractivity contribution in [3.05, 3.63) is 58.3 Å². The van der Waals surface area contributed by atoms with Crippen LogP contribution in [0.2, 0.25) is 0 Å². The number of fused-ring (bicyclic) bond motifs is 1. The fourth-order valence-electron chi connectivity index (χ4n) is 2.61. The molecule has 0 bridgehead atoms. The number of rotatable bonds is 6. The highest BCUT2D eigenvalue weighted by molar-refractivity contribution is 5.77. The van der Waals surface area contributed by atoms with Crippen molar-refractivity contribution >= 4 is 16.9 Å². The van der Waals surface area contributed by atoms with E-state index in [1.54, 1.807) is 14.2 Å². The lowest BCUT2D eigenvalue weighted by Gasteiger charge is -2.11. The molecule has 0 aliphatic heterocycles. The normalized spacial score (nSPS) is 11.0. The molecule has 0 atom stereocenters. The summed E-state index contributed by atoms with van der Waals surface area (Å²) in [6.45, 7) is 0.756. The number of benzene rings is 1. The summed E-state index contributed by atoms with van der Waals surface area (Å²) in [6, 6.07) is 7.72. The molecule has 0 unspecified atom stereocenters.